The van der Waals surface area contributed by atoms with Gasteiger partial charge in [-0.05, 0) is 101 Å². The summed E-state index contributed by atoms with van der Waals surface area (Å²) in [6.45, 7) is 18.0. The van der Waals surface area contributed by atoms with Gasteiger partial charge in [0.1, 0.15) is 22.1 Å². The Balaban J connectivity index is 0.000000721. The lowest BCUT2D eigenvalue weighted by Crippen LogP contribution is -2.59. The number of nitrogen functional groups attached to an aromatic ring is 1. The number of thiazole rings is 1. The highest BCUT2D eigenvalue weighted by molar-refractivity contribution is 7.18. The fourth-order valence-electron chi connectivity index (χ4n) is 8.69. The molecule has 4 amide bonds. The highest BCUT2D eigenvalue weighted by Gasteiger charge is 2.34. The molecule has 2 fully saturated rings. The first-order valence-corrected chi connectivity index (χ1v) is 23.6. The molecule has 0 spiro atoms. The molecule has 2 saturated heterocycles. The topological polar surface area (TPSA) is 194 Å². The number of hydrogen-bond acceptors (Lipinski definition) is 12. The summed E-state index contributed by atoms with van der Waals surface area (Å²) >= 11 is 1.32. The maximum atomic E-state index is 13.9. The summed E-state index contributed by atoms with van der Waals surface area (Å²) in [7, 11) is 3.23. The number of amides is 4. The van der Waals surface area contributed by atoms with Gasteiger partial charge in [-0.15, -0.1) is 0 Å². The molecule has 0 saturated carbocycles. The number of likely N-dealkylation sites (tertiary alicyclic amines) is 1. The summed E-state index contributed by atoms with van der Waals surface area (Å²) in [4.78, 5) is 74.4. The SMILES string of the molecule is CC#CC(=O)N1CCCC1.CCn1c(-c2cccnc2C(C)OC)c(CC(C)(C)COC=O)c2cc(-c3nc(CC(NC(=O)C(C(C)C)N(C)C=O)C(=O)N4CCCCN4)c(N)s3)ccc21. The molecule has 5 heterocycles. The molecule has 0 bridgehead atoms. The van der Waals surface area contributed by atoms with Gasteiger partial charge in [0.2, 0.25) is 12.3 Å². The average molecular weight is 926 g/mol. The van der Waals surface area contributed by atoms with Gasteiger partial charge in [-0.3, -0.25) is 34.0 Å². The number of nitrogens with two attached hydrogens (primary N) is 1. The molecule has 0 aliphatic carbocycles. The number of fused-ring (bicyclic) bond motifs is 1. The van der Waals surface area contributed by atoms with E-state index in [0.717, 1.165) is 77.8 Å². The van der Waals surface area contributed by atoms with Crippen LogP contribution < -0.4 is 16.5 Å². The van der Waals surface area contributed by atoms with Crippen molar-refractivity contribution in [1.82, 2.24) is 40.1 Å². The van der Waals surface area contributed by atoms with Crippen molar-refractivity contribution >= 4 is 57.8 Å². The van der Waals surface area contributed by atoms with E-state index in [1.807, 2.05) is 32.9 Å². The third-order valence-electron chi connectivity index (χ3n) is 12.0. The third-order valence-corrected chi connectivity index (χ3v) is 13.0. The minimum absolute atomic E-state index is 0.0139. The van der Waals surface area contributed by atoms with E-state index >= 15 is 0 Å². The van der Waals surface area contributed by atoms with Gasteiger partial charge in [0, 0.05) is 86.9 Å². The summed E-state index contributed by atoms with van der Waals surface area (Å²) in [5.74, 6) is 4.21. The van der Waals surface area contributed by atoms with Crippen LogP contribution in [0, 0.1) is 23.2 Å². The summed E-state index contributed by atoms with van der Waals surface area (Å²) in [5.41, 5.74) is 15.7. The normalized spacial score (nSPS) is 15.2. The summed E-state index contributed by atoms with van der Waals surface area (Å²) in [6, 6.07) is 8.50. The number of rotatable bonds is 18. The van der Waals surface area contributed by atoms with Gasteiger partial charge in [0.15, 0.2) is 0 Å². The van der Waals surface area contributed by atoms with Gasteiger partial charge >= 0.3 is 0 Å². The first-order chi connectivity index (χ1) is 31.6. The van der Waals surface area contributed by atoms with Gasteiger partial charge in [-0.2, -0.15) is 0 Å². The van der Waals surface area contributed by atoms with Crippen molar-refractivity contribution in [2.24, 2.45) is 11.3 Å². The van der Waals surface area contributed by atoms with Crippen LogP contribution in [0.3, 0.4) is 0 Å². The van der Waals surface area contributed by atoms with E-state index in [1.165, 1.54) is 16.2 Å². The van der Waals surface area contributed by atoms with Crippen LogP contribution in [0.4, 0.5) is 5.00 Å². The van der Waals surface area contributed by atoms with Gasteiger partial charge in [-0.1, -0.05) is 45.0 Å². The van der Waals surface area contributed by atoms with Crippen molar-refractivity contribution in [1.29, 1.82) is 0 Å². The number of aryl methyl sites for hydroxylation is 1. The fourth-order valence-corrected chi connectivity index (χ4v) is 9.55. The molecule has 2 aliphatic rings. The van der Waals surface area contributed by atoms with Crippen LogP contribution in [0.15, 0.2) is 36.5 Å². The zero-order valence-electron chi connectivity index (χ0n) is 39.9. The molecule has 17 heteroatoms. The second-order valence-electron chi connectivity index (χ2n) is 17.9. The molecule has 3 unspecified atom stereocenters. The third kappa shape index (κ3) is 12.3. The van der Waals surface area contributed by atoms with Gasteiger partial charge < -0.3 is 34.9 Å². The molecule has 2 aliphatic heterocycles. The van der Waals surface area contributed by atoms with Crippen LogP contribution >= 0.6 is 11.3 Å². The summed E-state index contributed by atoms with van der Waals surface area (Å²) < 4.78 is 13.3. The number of benzene rings is 1. The maximum absolute atomic E-state index is 13.9. The fraction of sp³-hybridized carbons (Fsp3) is 0.531. The number of anilines is 1. The molecular formula is C49H67N9O7S. The highest BCUT2D eigenvalue weighted by Crippen LogP contribution is 2.42. The average Bonchev–Trinajstić information content (AvgIpc) is 4.06. The highest BCUT2D eigenvalue weighted by atomic mass is 32.1. The molecule has 1 aromatic carbocycles. The minimum atomic E-state index is -0.971. The zero-order chi connectivity index (χ0) is 48.1. The van der Waals surface area contributed by atoms with E-state index in [-0.39, 0.29) is 36.9 Å². The largest absolute Gasteiger partial charge is 0.467 e. The smallest absolute Gasteiger partial charge is 0.298 e. The van der Waals surface area contributed by atoms with Crippen molar-refractivity contribution < 1.29 is 33.4 Å². The van der Waals surface area contributed by atoms with Crippen LogP contribution in [-0.4, -0.2) is 119 Å². The Bertz CT molecular complexity index is 2390. The van der Waals surface area contributed by atoms with Crippen molar-refractivity contribution in [3.8, 4) is 33.7 Å². The number of aromatic nitrogens is 3. The number of nitrogens with zero attached hydrogens (tertiary/aromatic N) is 6. The molecule has 3 aromatic heterocycles. The van der Waals surface area contributed by atoms with Gasteiger partial charge in [-0.25, -0.2) is 10.4 Å². The second-order valence-corrected chi connectivity index (χ2v) is 18.9. The number of pyridine rings is 1. The first-order valence-electron chi connectivity index (χ1n) is 22.8. The molecule has 0 radical (unpaired) electrons. The lowest BCUT2D eigenvalue weighted by Gasteiger charge is -2.33. The van der Waals surface area contributed by atoms with Gasteiger partial charge in [0.05, 0.1) is 29.8 Å². The van der Waals surface area contributed by atoms with Crippen LogP contribution in [0.1, 0.15) is 97.2 Å². The maximum Gasteiger partial charge on any atom is 0.298 e. The Morgan fingerprint density at radius 3 is 2.44 bits per heavy atom. The van der Waals surface area contributed by atoms with E-state index < -0.39 is 23.4 Å². The Hall–Kier alpha value is -5.83. The molecule has 4 N–H and O–H groups in total. The first kappa shape index (κ1) is 51.2. The number of carbonyl (C=O) groups excluding carboxylic acids is 5. The number of likely N-dealkylation sites (N-methyl/N-ethyl adjacent to an activating group) is 1. The Morgan fingerprint density at radius 1 is 1.09 bits per heavy atom. The number of methoxy groups -OCH3 is 1. The van der Waals surface area contributed by atoms with Crippen molar-refractivity contribution in [3.05, 3.63) is 53.5 Å². The quantitative estimate of drug-likeness (QED) is 0.0810. The van der Waals surface area contributed by atoms with Crippen LogP contribution in [0.5, 0.6) is 0 Å². The summed E-state index contributed by atoms with van der Waals surface area (Å²) in [5, 5.41) is 6.63. The molecule has 16 nitrogen and oxygen atoms in total. The minimum Gasteiger partial charge on any atom is -0.467 e. The standard InChI is InChI=1S/C41H56N8O6S.C8H11NO/c1-9-48-33-15-14-27(19-29(33)30(21-41(5,6)22-55-24-51)36(48)28-13-12-16-43-34(28)26(4)54-8)39-46-31(37(42)56-39)20-32(40(53)49-18-11-10-17-44-49)45-38(52)35(25(2)3)47(7)23-50;1-2-5-8(10)9-6-3-4-7-9/h12-16,19,23-26,32,35,44H,9-11,17-18,20-22,42H2,1-8H3,(H,45,52);3-4,6-7H2,1H3. The van der Waals surface area contributed by atoms with Crippen molar-refractivity contribution in [2.45, 2.75) is 112 Å². The number of ether oxygens (including phenoxy) is 2. The van der Waals surface area contributed by atoms with E-state index in [2.05, 4.69) is 66.1 Å². The molecule has 4 aromatic rings. The van der Waals surface area contributed by atoms with E-state index in [1.54, 1.807) is 37.2 Å². The predicted molar refractivity (Wildman–Crippen MR) is 258 cm³/mol. The van der Waals surface area contributed by atoms with Crippen LogP contribution in [0.2, 0.25) is 0 Å². The number of carbonyl (C=O) groups is 5. The Morgan fingerprint density at radius 2 is 1.82 bits per heavy atom. The van der Waals surface area contributed by atoms with Crippen LogP contribution in [0.25, 0.3) is 32.7 Å². The molecule has 6 rings (SSSR count). The number of hydrogen-bond donors (Lipinski definition) is 3. The van der Waals surface area contributed by atoms with E-state index in [4.69, 9.17) is 25.2 Å². The predicted octanol–water partition coefficient (Wildman–Crippen LogP) is 5.78. The zero-order valence-corrected chi connectivity index (χ0v) is 40.8. The lowest BCUT2D eigenvalue weighted by molar-refractivity contribution is -0.142. The number of hydrazine groups is 1. The number of nitrogens with one attached hydrogen (secondary N) is 2. The van der Waals surface area contributed by atoms with Crippen molar-refractivity contribution in [2.75, 3.05) is 52.7 Å². The molecule has 3 atom stereocenters. The monoisotopic (exact) mass is 925 g/mol. The Kier molecular flexibility index (Phi) is 18.3. The van der Waals surface area contributed by atoms with Gasteiger partial charge in [0.25, 0.3) is 18.3 Å². The Labute approximate surface area is 392 Å². The molecule has 66 heavy (non-hydrogen) atoms. The summed E-state index contributed by atoms with van der Waals surface area (Å²) in [6.07, 6.45) is 6.85. The van der Waals surface area contributed by atoms with Crippen molar-refractivity contribution in [3.63, 3.8) is 0 Å². The molecular weight excluding hydrogens is 859 g/mol. The molecule has 356 valence electrons. The lowest BCUT2D eigenvalue weighted by atomic mass is 9.84. The second kappa shape index (κ2) is 23.6. The van der Waals surface area contributed by atoms with Crippen LogP contribution in [-0.2, 0) is 52.8 Å². The van der Waals surface area contributed by atoms with E-state index in [9.17, 15) is 24.0 Å². The van der Waals surface area contributed by atoms with E-state index in [0.29, 0.717) is 54.6 Å².